The maximum atomic E-state index is 13.3. The SMILES string of the molecule is CC(C)C(CNC(=O)CCN1C(=O)c2ccccc2N2C(=O)CCC12C)Nc1ccccc1. The van der Waals surface area contributed by atoms with Gasteiger partial charge in [0, 0.05) is 37.7 Å². The predicted molar refractivity (Wildman–Crippen MR) is 129 cm³/mol. The van der Waals surface area contributed by atoms with Gasteiger partial charge in [-0.05, 0) is 43.5 Å². The molecule has 1 saturated heterocycles. The van der Waals surface area contributed by atoms with Crippen LogP contribution in [0.25, 0.3) is 0 Å². The Kier molecular flexibility index (Phi) is 6.40. The van der Waals surface area contributed by atoms with E-state index in [1.165, 1.54) is 0 Å². The molecule has 2 aromatic rings. The van der Waals surface area contributed by atoms with Crippen molar-refractivity contribution in [2.24, 2.45) is 5.92 Å². The van der Waals surface area contributed by atoms with Crippen LogP contribution in [0.5, 0.6) is 0 Å². The van der Waals surface area contributed by atoms with Crippen LogP contribution in [0.2, 0.25) is 0 Å². The van der Waals surface area contributed by atoms with E-state index in [4.69, 9.17) is 0 Å². The van der Waals surface area contributed by atoms with E-state index in [1.54, 1.807) is 21.9 Å². The van der Waals surface area contributed by atoms with Crippen molar-refractivity contribution in [2.75, 3.05) is 23.3 Å². The van der Waals surface area contributed by atoms with Crippen LogP contribution < -0.4 is 15.5 Å². The largest absolute Gasteiger partial charge is 0.380 e. The van der Waals surface area contributed by atoms with Gasteiger partial charge >= 0.3 is 0 Å². The molecule has 0 radical (unpaired) electrons. The third-order valence-electron chi connectivity index (χ3n) is 6.76. The summed E-state index contributed by atoms with van der Waals surface area (Å²) in [6.45, 7) is 6.90. The number of amides is 3. The number of para-hydroxylation sites is 2. The van der Waals surface area contributed by atoms with E-state index in [0.717, 1.165) is 5.69 Å². The number of anilines is 2. The van der Waals surface area contributed by atoms with Crippen LogP contribution in [-0.2, 0) is 9.59 Å². The fourth-order valence-electron chi connectivity index (χ4n) is 4.77. The second-order valence-corrected chi connectivity index (χ2v) is 9.34. The second kappa shape index (κ2) is 9.25. The van der Waals surface area contributed by atoms with Crippen molar-refractivity contribution >= 4 is 29.1 Å². The summed E-state index contributed by atoms with van der Waals surface area (Å²) in [5.74, 6) is 0.0978. The van der Waals surface area contributed by atoms with Crippen LogP contribution in [0.4, 0.5) is 11.4 Å². The Morgan fingerprint density at radius 3 is 2.48 bits per heavy atom. The number of hydrogen-bond donors (Lipinski definition) is 2. The maximum absolute atomic E-state index is 13.3. The fourth-order valence-corrected chi connectivity index (χ4v) is 4.77. The molecular weight excluding hydrogens is 416 g/mol. The van der Waals surface area contributed by atoms with Crippen LogP contribution >= 0.6 is 0 Å². The Morgan fingerprint density at radius 1 is 1.06 bits per heavy atom. The van der Waals surface area contributed by atoms with Gasteiger partial charge in [0.05, 0.1) is 11.3 Å². The lowest BCUT2D eigenvalue weighted by Crippen LogP contribution is -2.62. The molecule has 2 aliphatic rings. The molecule has 0 aromatic heterocycles. The van der Waals surface area contributed by atoms with Crippen molar-refractivity contribution in [2.45, 2.75) is 51.7 Å². The number of nitrogens with zero attached hydrogens (tertiary/aromatic N) is 2. The van der Waals surface area contributed by atoms with Gasteiger partial charge in [0.15, 0.2) is 0 Å². The van der Waals surface area contributed by atoms with Gasteiger partial charge in [0.2, 0.25) is 11.8 Å². The van der Waals surface area contributed by atoms with Crippen molar-refractivity contribution in [1.82, 2.24) is 10.2 Å². The topological polar surface area (TPSA) is 81.8 Å². The number of rotatable bonds is 8. The molecule has 2 atom stereocenters. The lowest BCUT2D eigenvalue weighted by atomic mass is 9.98. The van der Waals surface area contributed by atoms with E-state index in [1.807, 2.05) is 49.4 Å². The Morgan fingerprint density at radius 2 is 1.76 bits per heavy atom. The van der Waals surface area contributed by atoms with Crippen LogP contribution in [0.3, 0.4) is 0 Å². The second-order valence-electron chi connectivity index (χ2n) is 9.34. The van der Waals surface area contributed by atoms with Gasteiger partial charge in [0.25, 0.3) is 5.91 Å². The molecule has 1 fully saturated rings. The van der Waals surface area contributed by atoms with Crippen molar-refractivity contribution in [1.29, 1.82) is 0 Å². The smallest absolute Gasteiger partial charge is 0.257 e. The molecule has 33 heavy (non-hydrogen) atoms. The summed E-state index contributed by atoms with van der Waals surface area (Å²) in [6, 6.07) is 17.2. The van der Waals surface area contributed by atoms with Gasteiger partial charge < -0.3 is 15.5 Å². The number of carbonyl (C=O) groups excluding carboxylic acids is 3. The summed E-state index contributed by atoms with van der Waals surface area (Å²) >= 11 is 0. The van der Waals surface area contributed by atoms with Gasteiger partial charge in [-0.2, -0.15) is 0 Å². The van der Waals surface area contributed by atoms with Crippen molar-refractivity contribution in [3.8, 4) is 0 Å². The highest BCUT2D eigenvalue weighted by molar-refractivity contribution is 6.10. The van der Waals surface area contributed by atoms with E-state index in [0.29, 0.717) is 36.6 Å². The molecule has 7 heteroatoms. The molecule has 174 valence electrons. The first-order valence-electron chi connectivity index (χ1n) is 11.6. The molecule has 2 heterocycles. The van der Waals surface area contributed by atoms with Gasteiger partial charge in [0.1, 0.15) is 5.66 Å². The molecule has 2 N–H and O–H groups in total. The van der Waals surface area contributed by atoms with E-state index in [9.17, 15) is 14.4 Å². The highest BCUT2D eigenvalue weighted by Crippen LogP contribution is 2.43. The highest BCUT2D eigenvalue weighted by atomic mass is 16.2. The van der Waals surface area contributed by atoms with Crippen LogP contribution in [-0.4, -0.2) is 47.4 Å². The molecule has 0 saturated carbocycles. The Bertz CT molecular complexity index is 1040. The molecule has 2 aliphatic heterocycles. The average molecular weight is 449 g/mol. The summed E-state index contributed by atoms with van der Waals surface area (Å²) in [4.78, 5) is 42.1. The summed E-state index contributed by atoms with van der Waals surface area (Å²) < 4.78 is 0. The van der Waals surface area contributed by atoms with Crippen LogP contribution in [0, 0.1) is 5.92 Å². The molecule has 2 unspecified atom stereocenters. The first-order valence-corrected chi connectivity index (χ1v) is 11.6. The predicted octanol–water partition coefficient (Wildman–Crippen LogP) is 3.63. The highest BCUT2D eigenvalue weighted by Gasteiger charge is 2.52. The zero-order chi connectivity index (χ0) is 23.6. The van der Waals surface area contributed by atoms with E-state index in [2.05, 4.69) is 24.5 Å². The van der Waals surface area contributed by atoms with E-state index < -0.39 is 5.66 Å². The number of benzene rings is 2. The summed E-state index contributed by atoms with van der Waals surface area (Å²) in [6.07, 6.45) is 1.13. The van der Waals surface area contributed by atoms with Crippen molar-refractivity contribution in [3.05, 3.63) is 60.2 Å². The Hall–Kier alpha value is -3.35. The maximum Gasteiger partial charge on any atom is 0.257 e. The molecule has 0 spiro atoms. The Labute approximate surface area is 195 Å². The molecule has 2 aromatic carbocycles. The quantitative estimate of drug-likeness (QED) is 0.646. The number of carbonyl (C=O) groups is 3. The van der Waals surface area contributed by atoms with Crippen molar-refractivity contribution < 1.29 is 14.4 Å². The molecule has 0 aliphatic carbocycles. The Balaban J connectivity index is 1.40. The average Bonchev–Trinajstić information content (AvgIpc) is 3.12. The first-order chi connectivity index (χ1) is 15.8. The number of nitrogens with one attached hydrogen (secondary N) is 2. The third-order valence-corrected chi connectivity index (χ3v) is 6.76. The van der Waals surface area contributed by atoms with Crippen LogP contribution in [0.15, 0.2) is 54.6 Å². The fraction of sp³-hybridized carbons (Fsp3) is 0.423. The first kappa shape index (κ1) is 22.8. The minimum atomic E-state index is -0.738. The monoisotopic (exact) mass is 448 g/mol. The molecule has 7 nitrogen and oxygen atoms in total. The third kappa shape index (κ3) is 4.45. The molecule has 0 bridgehead atoms. The molecule has 4 rings (SSSR count). The van der Waals surface area contributed by atoms with Gasteiger partial charge in [-0.3, -0.25) is 19.3 Å². The zero-order valence-electron chi connectivity index (χ0n) is 19.5. The summed E-state index contributed by atoms with van der Waals surface area (Å²) in [5.41, 5.74) is 1.46. The minimum absolute atomic E-state index is 0.0127. The van der Waals surface area contributed by atoms with E-state index in [-0.39, 0.29) is 36.7 Å². The van der Waals surface area contributed by atoms with Gasteiger partial charge in [-0.25, -0.2) is 0 Å². The number of hydrogen-bond acceptors (Lipinski definition) is 4. The number of fused-ring (bicyclic) bond motifs is 3. The summed E-state index contributed by atoms with van der Waals surface area (Å²) in [5, 5.41) is 6.49. The zero-order valence-corrected chi connectivity index (χ0v) is 19.5. The van der Waals surface area contributed by atoms with E-state index >= 15 is 0 Å². The van der Waals surface area contributed by atoms with Crippen LogP contribution in [0.1, 0.15) is 50.4 Å². The lowest BCUT2D eigenvalue weighted by Gasteiger charge is -2.48. The molecule has 3 amide bonds. The van der Waals surface area contributed by atoms with Gasteiger partial charge in [-0.15, -0.1) is 0 Å². The molecular formula is C26H32N4O3. The standard InChI is InChI=1S/C26H32N4O3/c1-18(2)21(28-19-9-5-4-6-10-19)17-27-23(31)14-16-29-25(33)20-11-7-8-12-22(20)30-24(32)13-15-26(29,30)3/h4-12,18,21,28H,13-17H2,1-3H3,(H,27,31). The summed E-state index contributed by atoms with van der Waals surface area (Å²) in [7, 11) is 0. The minimum Gasteiger partial charge on any atom is -0.380 e. The van der Waals surface area contributed by atoms with Crippen molar-refractivity contribution in [3.63, 3.8) is 0 Å². The van der Waals surface area contributed by atoms with Gasteiger partial charge in [-0.1, -0.05) is 44.2 Å². The normalized spacial score (nSPS) is 20.5. The lowest BCUT2D eigenvalue weighted by molar-refractivity contribution is -0.121.